The molecule has 3 heterocycles. The zero-order valence-electron chi connectivity index (χ0n) is 11.3. The number of carbonyl (C=O) groups is 2. The molecule has 0 radical (unpaired) electrons. The topological polar surface area (TPSA) is 83.4 Å². The van der Waals surface area contributed by atoms with Crippen LogP contribution >= 0.6 is 23.4 Å². The van der Waals surface area contributed by atoms with Gasteiger partial charge in [0, 0.05) is 12.1 Å². The molecule has 2 aliphatic rings. The Morgan fingerprint density at radius 3 is 2.86 bits per heavy atom. The van der Waals surface area contributed by atoms with Crippen molar-refractivity contribution in [2.75, 3.05) is 6.26 Å². The number of aliphatic carboxylic acids is 1. The van der Waals surface area contributed by atoms with Crippen molar-refractivity contribution in [3.05, 3.63) is 16.9 Å². The zero-order chi connectivity index (χ0) is 15.1. The van der Waals surface area contributed by atoms with Crippen molar-refractivity contribution in [2.45, 2.75) is 36.5 Å². The van der Waals surface area contributed by atoms with Crippen molar-refractivity contribution < 1.29 is 14.7 Å². The van der Waals surface area contributed by atoms with Crippen LogP contribution in [0.25, 0.3) is 0 Å². The Hall–Kier alpha value is -1.34. The first-order valence-electron chi connectivity index (χ1n) is 6.65. The summed E-state index contributed by atoms with van der Waals surface area (Å²) < 4.78 is 0. The Morgan fingerprint density at radius 2 is 2.24 bits per heavy atom. The second kappa shape index (κ2) is 5.46. The highest BCUT2D eigenvalue weighted by Crippen LogP contribution is 2.42. The summed E-state index contributed by atoms with van der Waals surface area (Å²) in [5.41, 5.74) is 0.166. The van der Waals surface area contributed by atoms with Crippen molar-refractivity contribution in [2.24, 2.45) is 5.92 Å². The Balaban J connectivity index is 1.91. The van der Waals surface area contributed by atoms with Crippen LogP contribution in [0, 0.1) is 5.92 Å². The van der Waals surface area contributed by atoms with Crippen LogP contribution in [0.4, 0.5) is 0 Å². The lowest BCUT2D eigenvalue weighted by Crippen LogP contribution is -2.38. The van der Waals surface area contributed by atoms with E-state index in [0.29, 0.717) is 11.6 Å². The minimum atomic E-state index is -0.835. The maximum Gasteiger partial charge on any atom is 0.308 e. The van der Waals surface area contributed by atoms with Gasteiger partial charge in [0.15, 0.2) is 10.9 Å². The molecule has 2 bridgehead atoms. The minimum Gasteiger partial charge on any atom is -0.481 e. The third-order valence-electron chi connectivity index (χ3n) is 4.20. The molecule has 1 aromatic heterocycles. The number of halogens is 1. The lowest BCUT2D eigenvalue weighted by Gasteiger charge is -2.23. The van der Waals surface area contributed by atoms with Crippen molar-refractivity contribution in [1.29, 1.82) is 0 Å². The third kappa shape index (κ3) is 2.38. The second-order valence-electron chi connectivity index (χ2n) is 5.24. The van der Waals surface area contributed by atoms with E-state index in [1.54, 1.807) is 4.90 Å². The fourth-order valence-corrected chi connectivity index (χ4v) is 3.80. The van der Waals surface area contributed by atoms with Crippen molar-refractivity contribution in [1.82, 2.24) is 14.9 Å². The molecule has 3 rings (SSSR count). The van der Waals surface area contributed by atoms with Crippen LogP contribution in [0.5, 0.6) is 0 Å². The van der Waals surface area contributed by atoms with Gasteiger partial charge < -0.3 is 10.0 Å². The molecule has 112 valence electrons. The van der Waals surface area contributed by atoms with Crippen molar-refractivity contribution in [3.8, 4) is 0 Å². The predicted molar refractivity (Wildman–Crippen MR) is 77.5 cm³/mol. The standard InChI is InChI=1S/C13H14ClN3O3S/c1-21-13-15-5-8(14)10(16-13)11(18)17-6-2-3-9(17)7(4-6)12(19)20/h5-7,9H,2-4H2,1H3,(H,19,20). The first-order chi connectivity index (χ1) is 10.0. The minimum absolute atomic E-state index is 0.0210. The van der Waals surface area contributed by atoms with Gasteiger partial charge in [0.1, 0.15) is 0 Å². The first-order valence-corrected chi connectivity index (χ1v) is 8.25. The number of carboxylic acid groups (broad SMARTS) is 1. The van der Waals surface area contributed by atoms with Crippen LogP contribution in [0.3, 0.4) is 0 Å². The smallest absolute Gasteiger partial charge is 0.308 e. The monoisotopic (exact) mass is 327 g/mol. The lowest BCUT2D eigenvalue weighted by atomic mass is 9.89. The largest absolute Gasteiger partial charge is 0.481 e. The molecule has 1 aromatic rings. The van der Waals surface area contributed by atoms with E-state index in [0.717, 1.165) is 12.8 Å². The average Bonchev–Trinajstić information content (AvgIpc) is 3.04. The molecule has 1 amide bonds. The zero-order valence-corrected chi connectivity index (χ0v) is 12.9. The molecule has 2 fully saturated rings. The number of rotatable bonds is 3. The summed E-state index contributed by atoms with van der Waals surface area (Å²) in [6.07, 6.45) is 5.32. The van der Waals surface area contributed by atoms with Crippen LogP contribution in [-0.2, 0) is 4.79 Å². The lowest BCUT2D eigenvalue weighted by molar-refractivity contribution is -0.142. The second-order valence-corrected chi connectivity index (χ2v) is 6.43. The summed E-state index contributed by atoms with van der Waals surface area (Å²) in [4.78, 5) is 33.8. The van der Waals surface area contributed by atoms with Crippen molar-refractivity contribution >= 4 is 35.2 Å². The fraction of sp³-hybridized carbons (Fsp3) is 0.538. The van der Waals surface area contributed by atoms with E-state index >= 15 is 0 Å². The molecule has 0 saturated carbocycles. The van der Waals surface area contributed by atoms with E-state index < -0.39 is 11.9 Å². The highest BCUT2D eigenvalue weighted by atomic mass is 35.5. The van der Waals surface area contributed by atoms with Crippen LogP contribution in [-0.4, -0.2) is 50.2 Å². The van der Waals surface area contributed by atoms with Gasteiger partial charge in [0.05, 0.1) is 17.1 Å². The van der Waals surface area contributed by atoms with Crippen LogP contribution < -0.4 is 0 Å². The third-order valence-corrected chi connectivity index (χ3v) is 5.03. The Kier molecular flexibility index (Phi) is 3.79. The van der Waals surface area contributed by atoms with Crippen LogP contribution in [0.2, 0.25) is 5.02 Å². The van der Waals surface area contributed by atoms with E-state index in [9.17, 15) is 14.7 Å². The van der Waals surface area contributed by atoms with Gasteiger partial charge in [-0.25, -0.2) is 9.97 Å². The van der Waals surface area contributed by atoms with E-state index in [1.165, 1.54) is 18.0 Å². The van der Waals surface area contributed by atoms with Gasteiger partial charge in [-0.2, -0.15) is 0 Å². The summed E-state index contributed by atoms with van der Waals surface area (Å²) in [5.74, 6) is -1.60. The molecule has 0 spiro atoms. The molecule has 0 aliphatic carbocycles. The highest BCUT2D eigenvalue weighted by molar-refractivity contribution is 7.98. The molecule has 21 heavy (non-hydrogen) atoms. The molecule has 0 aromatic carbocycles. The van der Waals surface area contributed by atoms with E-state index in [-0.39, 0.29) is 28.7 Å². The number of aromatic nitrogens is 2. The van der Waals surface area contributed by atoms with Crippen molar-refractivity contribution in [3.63, 3.8) is 0 Å². The van der Waals surface area contributed by atoms with Gasteiger partial charge >= 0.3 is 5.97 Å². The summed E-state index contributed by atoms with van der Waals surface area (Å²) >= 11 is 7.37. The summed E-state index contributed by atoms with van der Waals surface area (Å²) in [6.45, 7) is 0. The SMILES string of the molecule is CSc1ncc(Cl)c(C(=O)N2C3CCC2C(C(=O)O)C3)n1. The number of carboxylic acids is 1. The maximum atomic E-state index is 12.7. The fourth-order valence-electron chi connectivity index (χ4n) is 3.29. The van der Waals surface area contributed by atoms with Gasteiger partial charge in [-0.15, -0.1) is 0 Å². The van der Waals surface area contributed by atoms with Gasteiger partial charge in [0.2, 0.25) is 0 Å². The van der Waals surface area contributed by atoms with Crippen LogP contribution in [0.1, 0.15) is 29.8 Å². The first kappa shape index (κ1) is 14.6. The normalized spacial score (nSPS) is 27.1. The van der Waals surface area contributed by atoms with Gasteiger partial charge in [-0.05, 0) is 25.5 Å². The van der Waals surface area contributed by atoms with Crippen LogP contribution in [0.15, 0.2) is 11.4 Å². The maximum absolute atomic E-state index is 12.7. The Bertz CT molecular complexity index is 612. The number of hydrogen-bond acceptors (Lipinski definition) is 5. The number of carbonyl (C=O) groups excluding carboxylic acids is 1. The van der Waals surface area contributed by atoms with E-state index in [2.05, 4.69) is 9.97 Å². The predicted octanol–water partition coefficient (Wildman–Crippen LogP) is 1.93. The summed E-state index contributed by atoms with van der Waals surface area (Å²) in [6, 6.07) is -0.267. The molecular weight excluding hydrogens is 314 g/mol. The summed E-state index contributed by atoms with van der Waals surface area (Å²) in [5, 5.41) is 9.93. The molecule has 1 N–H and O–H groups in total. The number of nitrogens with zero attached hydrogens (tertiary/aromatic N) is 3. The number of thioether (sulfide) groups is 1. The number of amides is 1. The van der Waals surface area contributed by atoms with Gasteiger partial charge in [-0.1, -0.05) is 23.4 Å². The quantitative estimate of drug-likeness (QED) is 0.674. The van der Waals surface area contributed by atoms with Gasteiger partial charge in [-0.3, -0.25) is 9.59 Å². The molecule has 3 atom stereocenters. The molecule has 6 nitrogen and oxygen atoms in total. The molecule has 2 saturated heterocycles. The van der Waals surface area contributed by atoms with E-state index in [4.69, 9.17) is 11.6 Å². The number of fused-ring (bicyclic) bond motifs is 2. The molecule has 8 heteroatoms. The Morgan fingerprint density at radius 1 is 1.48 bits per heavy atom. The highest BCUT2D eigenvalue weighted by Gasteiger charge is 2.51. The summed E-state index contributed by atoms with van der Waals surface area (Å²) in [7, 11) is 0. The molecule has 2 aliphatic heterocycles. The molecular formula is C13H14ClN3O3S. The van der Waals surface area contributed by atoms with E-state index in [1.807, 2.05) is 6.26 Å². The Labute approximate surface area is 130 Å². The van der Waals surface area contributed by atoms with Gasteiger partial charge in [0.25, 0.3) is 5.91 Å². The molecule has 3 unspecified atom stereocenters. The number of hydrogen-bond donors (Lipinski definition) is 1. The average molecular weight is 328 g/mol.